The number of rotatable bonds is 4. The van der Waals surface area contributed by atoms with Crippen LogP contribution < -0.4 is 10.6 Å². The molecule has 0 radical (unpaired) electrons. The van der Waals surface area contributed by atoms with Gasteiger partial charge in [0.25, 0.3) is 0 Å². The Hall–Kier alpha value is -1.16. The normalized spacial score (nSPS) is 16.6. The Morgan fingerprint density at radius 1 is 1.38 bits per heavy atom. The van der Waals surface area contributed by atoms with Crippen molar-refractivity contribution in [1.82, 2.24) is 9.97 Å². The van der Waals surface area contributed by atoms with Crippen molar-refractivity contribution < 1.29 is 0 Å². The third-order valence-corrected chi connectivity index (χ3v) is 3.28. The van der Waals surface area contributed by atoms with Crippen LogP contribution in [0.1, 0.15) is 31.4 Å². The summed E-state index contributed by atoms with van der Waals surface area (Å²) in [6.07, 6.45) is 9.02. The van der Waals surface area contributed by atoms with Gasteiger partial charge >= 0.3 is 0 Å². The first-order chi connectivity index (χ1) is 7.79. The van der Waals surface area contributed by atoms with E-state index in [0.29, 0.717) is 6.54 Å². The predicted molar refractivity (Wildman–Crippen MR) is 65.2 cm³/mol. The van der Waals surface area contributed by atoms with Crippen molar-refractivity contribution in [2.75, 3.05) is 18.5 Å². The van der Waals surface area contributed by atoms with E-state index in [-0.39, 0.29) is 0 Å². The number of nitrogens with two attached hydrogens (primary N) is 1. The van der Waals surface area contributed by atoms with E-state index in [0.717, 1.165) is 24.0 Å². The fraction of sp³-hybridized carbons (Fsp3) is 0.667. The number of aromatic nitrogens is 2. The first kappa shape index (κ1) is 11.3. The Balaban J connectivity index is 1.98. The Morgan fingerprint density at radius 2 is 2.12 bits per heavy atom. The molecule has 1 aromatic heterocycles. The molecule has 1 fully saturated rings. The molecule has 0 spiro atoms. The Kier molecular flexibility index (Phi) is 3.72. The van der Waals surface area contributed by atoms with Crippen LogP contribution in [0, 0.1) is 5.92 Å². The Morgan fingerprint density at radius 3 is 2.81 bits per heavy atom. The zero-order valence-electron chi connectivity index (χ0n) is 9.89. The van der Waals surface area contributed by atoms with Gasteiger partial charge in [-0.2, -0.15) is 0 Å². The third-order valence-electron chi connectivity index (χ3n) is 3.28. The lowest BCUT2D eigenvalue weighted by atomic mass is 10.1. The Bertz CT molecular complexity index is 334. The standard InChI is InChI=1S/C12H20N4/c1-16(9-10-4-2-3-5-10)12-8-14-7-11(6-13)15-12/h7-8,10H,2-6,9,13H2,1H3. The second kappa shape index (κ2) is 5.25. The van der Waals surface area contributed by atoms with Gasteiger partial charge < -0.3 is 10.6 Å². The average molecular weight is 220 g/mol. The van der Waals surface area contributed by atoms with E-state index in [9.17, 15) is 0 Å². The zero-order valence-corrected chi connectivity index (χ0v) is 9.89. The van der Waals surface area contributed by atoms with Gasteiger partial charge in [-0.05, 0) is 18.8 Å². The predicted octanol–water partition coefficient (Wildman–Crippen LogP) is 1.56. The van der Waals surface area contributed by atoms with Crippen LogP contribution in [-0.2, 0) is 6.54 Å². The fourth-order valence-electron chi connectivity index (χ4n) is 2.35. The van der Waals surface area contributed by atoms with Crippen molar-refractivity contribution in [3.63, 3.8) is 0 Å². The van der Waals surface area contributed by atoms with Crippen LogP contribution in [-0.4, -0.2) is 23.6 Å². The molecule has 0 aromatic carbocycles. The average Bonchev–Trinajstić information content (AvgIpc) is 2.82. The maximum absolute atomic E-state index is 5.56. The Labute approximate surface area is 96.9 Å². The van der Waals surface area contributed by atoms with E-state index in [2.05, 4.69) is 21.9 Å². The lowest BCUT2D eigenvalue weighted by Crippen LogP contribution is -2.25. The SMILES string of the molecule is CN(CC1CCCC1)c1cncc(CN)n1. The number of hydrogen-bond donors (Lipinski definition) is 1. The molecule has 0 aliphatic heterocycles. The van der Waals surface area contributed by atoms with E-state index in [1.165, 1.54) is 25.7 Å². The minimum Gasteiger partial charge on any atom is -0.358 e. The van der Waals surface area contributed by atoms with Crippen LogP contribution in [0.5, 0.6) is 0 Å². The van der Waals surface area contributed by atoms with Gasteiger partial charge in [-0.1, -0.05) is 12.8 Å². The molecule has 0 bridgehead atoms. The summed E-state index contributed by atoms with van der Waals surface area (Å²) in [4.78, 5) is 10.8. The highest BCUT2D eigenvalue weighted by Crippen LogP contribution is 2.26. The molecule has 16 heavy (non-hydrogen) atoms. The van der Waals surface area contributed by atoms with Crippen LogP contribution in [0.3, 0.4) is 0 Å². The number of anilines is 1. The molecule has 0 saturated heterocycles. The van der Waals surface area contributed by atoms with Crippen molar-refractivity contribution in [1.29, 1.82) is 0 Å². The van der Waals surface area contributed by atoms with Crippen molar-refractivity contribution >= 4 is 5.82 Å². The van der Waals surface area contributed by atoms with Gasteiger partial charge in [0.1, 0.15) is 5.82 Å². The van der Waals surface area contributed by atoms with Crippen LogP contribution in [0.4, 0.5) is 5.82 Å². The zero-order chi connectivity index (χ0) is 11.4. The van der Waals surface area contributed by atoms with Gasteiger partial charge in [0.2, 0.25) is 0 Å². The lowest BCUT2D eigenvalue weighted by Gasteiger charge is -2.21. The first-order valence-corrected chi connectivity index (χ1v) is 6.01. The molecule has 88 valence electrons. The van der Waals surface area contributed by atoms with Crippen LogP contribution >= 0.6 is 0 Å². The molecule has 1 aliphatic carbocycles. The van der Waals surface area contributed by atoms with Crippen molar-refractivity contribution in [2.24, 2.45) is 11.7 Å². The topological polar surface area (TPSA) is 55.0 Å². The second-order valence-electron chi connectivity index (χ2n) is 4.60. The largest absolute Gasteiger partial charge is 0.358 e. The molecule has 1 heterocycles. The van der Waals surface area contributed by atoms with Crippen molar-refractivity contribution in [2.45, 2.75) is 32.2 Å². The molecule has 4 nitrogen and oxygen atoms in total. The molecule has 1 aromatic rings. The molecule has 0 atom stereocenters. The van der Waals surface area contributed by atoms with Gasteiger partial charge in [-0.25, -0.2) is 4.98 Å². The van der Waals surface area contributed by atoms with Crippen molar-refractivity contribution in [3.8, 4) is 0 Å². The molecule has 0 amide bonds. The first-order valence-electron chi connectivity index (χ1n) is 6.01. The van der Waals surface area contributed by atoms with Gasteiger partial charge in [-0.15, -0.1) is 0 Å². The summed E-state index contributed by atoms with van der Waals surface area (Å²) in [5.41, 5.74) is 6.42. The highest BCUT2D eigenvalue weighted by Gasteiger charge is 2.17. The van der Waals surface area contributed by atoms with Gasteiger partial charge in [0.05, 0.1) is 11.9 Å². The molecule has 2 N–H and O–H groups in total. The minimum atomic E-state index is 0.456. The summed E-state index contributed by atoms with van der Waals surface area (Å²) < 4.78 is 0. The smallest absolute Gasteiger partial charge is 0.147 e. The number of hydrogen-bond acceptors (Lipinski definition) is 4. The van der Waals surface area contributed by atoms with Gasteiger partial charge in [0.15, 0.2) is 0 Å². The van der Waals surface area contributed by atoms with E-state index in [4.69, 9.17) is 5.73 Å². The van der Waals surface area contributed by atoms with E-state index in [1.54, 1.807) is 6.20 Å². The second-order valence-corrected chi connectivity index (χ2v) is 4.60. The summed E-state index contributed by atoms with van der Waals surface area (Å²) in [5.74, 6) is 1.77. The number of nitrogens with zero attached hydrogens (tertiary/aromatic N) is 3. The van der Waals surface area contributed by atoms with Gasteiger partial charge in [0, 0.05) is 26.3 Å². The maximum Gasteiger partial charge on any atom is 0.147 e. The molecule has 2 rings (SSSR count). The summed E-state index contributed by atoms with van der Waals surface area (Å²) in [6, 6.07) is 0. The van der Waals surface area contributed by atoms with Crippen LogP contribution in [0.15, 0.2) is 12.4 Å². The van der Waals surface area contributed by atoms with Crippen molar-refractivity contribution in [3.05, 3.63) is 18.1 Å². The van der Waals surface area contributed by atoms with Crippen LogP contribution in [0.2, 0.25) is 0 Å². The van der Waals surface area contributed by atoms with Gasteiger partial charge in [-0.3, -0.25) is 4.98 Å². The maximum atomic E-state index is 5.56. The van der Waals surface area contributed by atoms with E-state index < -0.39 is 0 Å². The lowest BCUT2D eigenvalue weighted by molar-refractivity contribution is 0.544. The molecule has 1 aliphatic rings. The minimum absolute atomic E-state index is 0.456. The van der Waals surface area contributed by atoms with Crippen LogP contribution in [0.25, 0.3) is 0 Å². The highest BCUT2D eigenvalue weighted by atomic mass is 15.2. The summed E-state index contributed by atoms with van der Waals surface area (Å²) in [5, 5.41) is 0. The van der Waals surface area contributed by atoms with E-state index in [1.807, 2.05) is 6.20 Å². The molecule has 0 unspecified atom stereocenters. The summed E-state index contributed by atoms with van der Waals surface area (Å²) in [7, 11) is 2.09. The molecular formula is C12H20N4. The fourth-order valence-corrected chi connectivity index (χ4v) is 2.35. The molecule has 1 saturated carbocycles. The molecule has 4 heteroatoms. The highest BCUT2D eigenvalue weighted by molar-refractivity contribution is 5.35. The summed E-state index contributed by atoms with van der Waals surface area (Å²) >= 11 is 0. The monoisotopic (exact) mass is 220 g/mol. The third kappa shape index (κ3) is 2.70. The quantitative estimate of drug-likeness (QED) is 0.836. The summed E-state index contributed by atoms with van der Waals surface area (Å²) in [6.45, 7) is 1.54. The van der Waals surface area contributed by atoms with E-state index >= 15 is 0 Å². The molecular weight excluding hydrogens is 200 g/mol.